The number of nitrogens with two attached hydrogens (primary N) is 2. The number of amides is 4. The van der Waals surface area contributed by atoms with E-state index < -0.39 is 72.6 Å². The lowest BCUT2D eigenvalue weighted by Crippen LogP contribution is -2.58. The number of carbonyl (C=O) groups is 6. The molecule has 4 unspecified atom stereocenters. The molecule has 9 N–H and O–H groups in total. The molecule has 0 fully saturated rings. The first-order valence-electron chi connectivity index (χ1n) is 11.2. The summed E-state index contributed by atoms with van der Waals surface area (Å²) in [7, 11) is 0. The summed E-state index contributed by atoms with van der Waals surface area (Å²) in [4.78, 5) is 71.9. The fraction of sp³-hybridized carbons (Fsp3) is 0.478. The molecule has 0 saturated heterocycles. The van der Waals surface area contributed by atoms with Crippen LogP contribution in [0.3, 0.4) is 0 Å². The highest BCUT2D eigenvalue weighted by atomic mass is 16.4. The summed E-state index contributed by atoms with van der Waals surface area (Å²) >= 11 is 0. The van der Waals surface area contributed by atoms with Crippen LogP contribution in [0.2, 0.25) is 0 Å². The Bertz CT molecular complexity index is 953. The van der Waals surface area contributed by atoms with Gasteiger partial charge in [-0.05, 0) is 17.9 Å². The molecule has 13 heteroatoms. The van der Waals surface area contributed by atoms with Crippen molar-refractivity contribution < 1.29 is 39.0 Å². The van der Waals surface area contributed by atoms with Crippen molar-refractivity contribution in [2.45, 2.75) is 63.7 Å². The summed E-state index contributed by atoms with van der Waals surface area (Å²) in [5, 5.41) is 25.2. The first-order valence-corrected chi connectivity index (χ1v) is 11.2. The largest absolute Gasteiger partial charge is 0.481 e. The molecular weight excluding hydrogens is 474 g/mol. The zero-order valence-electron chi connectivity index (χ0n) is 20.1. The molecule has 0 aliphatic heterocycles. The predicted molar refractivity (Wildman–Crippen MR) is 127 cm³/mol. The fourth-order valence-electron chi connectivity index (χ4n) is 3.27. The van der Waals surface area contributed by atoms with Crippen molar-refractivity contribution in [3.8, 4) is 0 Å². The Kier molecular flexibility index (Phi) is 12.0. The molecule has 13 nitrogen and oxygen atoms in total. The van der Waals surface area contributed by atoms with Crippen LogP contribution in [0.5, 0.6) is 0 Å². The third-order valence-corrected chi connectivity index (χ3v) is 5.01. The highest BCUT2D eigenvalue weighted by molar-refractivity contribution is 5.95. The zero-order valence-corrected chi connectivity index (χ0v) is 20.1. The topological polar surface area (TPSA) is 231 Å². The maximum Gasteiger partial charge on any atom is 0.326 e. The van der Waals surface area contributed by atoms with Gasteiger partial charge in [-0.25, -0.2) is 4.79 Å². The van der Waals surface area contributed by atoms with Crippen molar-refractivity contribution in [1.29, 1.82) is 0 Å². The summed E-state index contributed by atoms with van der Waals surface area (Å²) in [5.74, 6) is -6.34. The lowest BCUT2D eigenvalue weighted by Gasteiger charge is -2.26. The standard InChI is InChI=1S/C23H33N5O8/c1-12(2)8-15(21(33)28-17(23(35)36)11-19(30)31)27-22(34)16(9-13-6-4-3-5-7-13)26-20(32)14(24)10-18(25)29/h3-7,12,14-17H,8-11,24H2,1-2H3,(H2,25,29)(H,26,32)(H,27,34)(H,28,33)(H,30,31)(H,35,36). The van der Waals surface area contributed by atoms with E-state index in [1.807, 2.05) is 0 Å². The number of hydrogen-bond donors (Lipinski definition) is 7. The monoisotopic (exact) mass is 507 g/mol. The minimum absolute atomic E-state index is 0.0223. The number of aliphatic carboxylic acids is 2. The van der Waals surface area contributed by atoms with Gasteiger partial charge in [-0.1, -0.05) is 44.2 Å². The van der Waals surface area contributed by atoms with E-state index in [0.717, 1.165) is 0 Å². The Morgan fingerprint density at radius 2 is 1.33 bits per heavy atom. The van der Waals surface area contributed by atoms with E-state index in [2.05, 4.69) is 16.0 Å². The van der Waals surface area contributed by atoms with Gasteiger partial charge in [0.1, 0.15) is 18.1 Å². The van der Waals surface area contributed by atoms with Crippen LogP contribution in [-0.4, -0.2) is 69.9 Å². The summed E-state index contributed by atoms with van der Waals surface area (Å²) in [6, 6.07) is 3.25. The van der Waals surface area contributed by atoms with Gasteiger partial charge in [-0.2, -0.15) is 0 Å². The average Bonchev–Trinajstić information content (AvgIpc) is 2.77. The summed E-state index contributed by atoms with van der Waals surface area (Å²) in [5.41, 5.74) is 11.4. The van der Waals surface area contributed by atoms with Gasteiger partial charge < -0.3 is 37.6 Å². The lowest BCUT2D eigenvalue weighted by molar-refractivity contribution is -0.147. The molecule has 0 saturated carbocycles. The van der Waals surface area contributed by atoms with Crippen molar-refractivity contribution in [2.75, 3.05) is 0 Å². The van der Waals surface area contributed by atoms with E-state index in [0.29, 0.717) is 5.56 Å². The number of benzene rings is 1. The van der Waals surface area contributed by atoms with Gasteiger partial charge in [0.2, 0.25) is 23.6 Å². The number of hydrogen-bond acceptors (Lipinski definition) is 7. The van der Waals surface area contributed by atoms with Crippen LogP contribution in [0.15, 0.2) is 30.3 Å². The van der Waals surface area contributed by atoms with Gasteiger partial charge in [0.15, 0.2) is 0 Å². The highest BCUT2D eigenvalue weighted by Crippen LogP contribution is 2.09. The molecule has 36 heavy (non-hydrogen) atoms. The van der Waals surface area contributed by atoms with Crippen molar-refractivity contribution in [2.24, 2.45) is 17.4 Å². The van der Waals surface area contributed by atoms with Gasteiger partial charge in [0, 0.05) is 6.42 Å². The van der Waals surface area contributed by atoms with Crippen molar-refractivity contribution in [1.82, 2.24) is 16.0 Å². The fourth-order valence-corrected chi connectivity index (χ4v) is 3.27. The number of primary amides is 1. The Morgan fingerprint density at radius 3 is 1.83 bits per heavy atom. The van der Waals surface area contributed by atoms with Crippen molar-refractivity contribution in [3.05, 3.63) is 35.9 Å². The second-order valence-electron chi connectivity index (χ2n) is 8.72. The number of carbonyl (C=O) groups excluding carboxylic acids is 4. The Labute approximate surface area is 208 Å². The Morgan fingerprint density at radius 1 is 0.806 bits per heavy atom. The van der Waals surface area contributed by atoms with E-state index in [1.54, 1.807) is 44.2 Å². The van der Waals surface area contributed by atoms with E-state index >= 15 is 0 Å². The Balaban J connectivity index is 3.12. The van der Waals surface area contributed by atoms with Crippen LogP contribution in [-0.2, 0) is 35.2 Å². The third-order valence-electron chi connectivity index (χ3n) is 5.01. The van der Waals surface area contributed by atoms with Gasteiger partial charge in [0.25, 0.3) is 0 Å². The molecule has 0 radical (unpaired) electrons. The molecule has 0 aliphatic carbocycles. The first-order chi connectivity index (χ1) is 16.8. The number of carboxylic acid groups (broad SMARTS) is 2. The van der Waals surface area contributed by atoms with Crippen LogP contribution in [0.25, 0.3) is 0 Å². The summed E-state index contributed by atoms with van der Waals surface area (Å²) in [6.07, 6.45) is -1.17. The van der Waals surface area contributed by atoms with Gasteiger partial charge in [-0.3, -0.25) is 24.0 Å². The third kappa shape index (κ3) is 11.0. The minimum atomic E-state index is -1.70. The SMILES string of the molecule is CC(C)CC(NC(=O)C(Cc1ccccc1)NC(=O)C(N)CC(N)=O)C(=O)NC(CC(=O)O)C(=O)O. The number of rotatable bonds is 15. The van der Waals surface area contributed by atoms with Gasteiger partial charge in [0.05, 0.1) is 18.9 Å². The molecule has 0 heterocycles. The average molecular weight is 508 g/mol. The number of carboxylic acids is 2. The highest BCUT2D eigenvalue weighted by Gasteiger charge is 2.31. The minimum Gasteiger partial charge on any atom is -0.481 e. The van der Waals surface area contributed by atoms with Crippen LogP contribution >= 0.6 is 0 Å². The molecule has 0 aromatic heterocycles. The van der Waals surface area contributed by atoms with Crippen LogP contribution < -0.4 is 27.4 Å². The number of nitrogens with one attached hydrogen (secondary N) is 3. The first kappa shape index (κ1) is 30.0. The maximum atomic E-state index is 13.2. The molecule has 4 atom stereocenters. The second kappa shape index (κ2) is 14.4. The molecule has 0 spiro atoms. The molecule has 0 aliphatic rings. The normalized spacial score (nSPS) is 14.1. The molecule has 0 bridgehead atoms. The van der Waals surface area contributed by atoms with Crippen LogP contribution in [0.4, 0.5) is 0 Å². The van der Waals surface area contributed by atoms with E-state index in [9.17, 15) is 33.9 Å². The summed E-state index contributed by atoms with van der Waals surface area (Å²) in [6.45, 7) is 3.54. The quantitative estimate of drug-likeness (QED) is 0.146. The molecule has 1 aromatic carbocycles. The van der Waals surface area contributed by atoms with Crippen LogP contribution in [0.1, 0.15) is 38.7 Å². The summed E-state index contributed by atoms with van der Waals surface area (Å²) < 4.78 is 0. The molecule has 198 valence electrons. The smallest absolute Gasteiger partial charge is 0.326 e. The van der Waals surface area contributed by atoms with Crippen molar-refractivity contribution in [3.63, 3.8) is 0 Å². The molecule has 1 aromatic rings. The van der Waals surface area contributed by atoms with Gasteiger partial charge in [-0.15, -0.1) is 0 Å². The zero-order chi connectivity index (χ0) is 27.4. The van der Waals surface area contributed by atoms with Crippen LogP contribution in [0, 0.1) is 5.92 Å². The molecular formula is C23H33N5O8. The van der Waals surface area contributed by atoms with Gasteiger partial charge >= 0.3 is 11.9 Å². The predicted octanol–water partition coefficient (Wildman–Crippen LogP) is -1.51. The molecule has 1 rings (SSSR count). The van der Waals surface area contributed by atoms with E-state index in [4.69, 9.17) is 16.6 Å². The maximum absolute atomic E-state index is 13.2. The lowest BCUT2D eigenvalue weighted by atomic mass is 10.0. The van der Waals surface area contributed by atoms with E-state index in [-0.39, 0.29) is 18.8 Å². The molecule has 4 amide bonds. The second-order valence-corrected chi connectivity index (χ2v) is 8.72. The van der Waals surface area contributed by atoms with Crippen molar-refractivity contribution >= 4 is 35.6 Å². The Hall–Kier alpha value is -4.00. The van der Waals surface area contributed by atoms with E-state index in [1.165, 1.54) is 0 Å².